The molecule has 1 saturated carbocycles. The van der Waals surface area contributed by atoms with Crippen molar-refractivity contribution in [2.45, 2.75) is 64.5 Å². The van der Waals surface area contributed by atoms with Crippen molar-refractivity contribution in [1.29, 1.82) is 0 Å². The van der Waals surface area contributed by atoms with E-state index in [9.17, 15) is 14.4 Å². The molecule has 1 aromatic carbocycles. The van der Waals surface area contributed by atoms with Gasteiger partial charge in [0.1, 0.15) is 11.5 Å². The van der Waals surface area contributed by atoms with E-state index in [4.69, 9.17) is 24.7 Å². The van der Waals surface area contributed by atoms with Crippen molar-refractivity contribution in [1.82, 2.24) is 0 Å². The standard InChI is InChI=1S/C17H18O5.C6H14N2.2H2O.Pt/c1-3-21-13-7-4-12(5-8-13)6-9-14(18)16-15(19)10-11(2)22-17(16)20;7-5-3-1-2-4-6(5)8;;;/h4-5,7-8,10,16H,3,6,9H2,1-2H3;5-6H,1-4,7-8H2;2*1H2;/q;;;;+1/p-1/t;5-,6-;;;/m.1.../s1. The van der Waals surface area contributed by atoms with E-state index in [1.54, 1.807) is 0 Å². The van der Waals surface area contributed by atoms with Crippen molar-refractivity contribution < 1.29 is 53.3 Å². The molecule has 0 bridgehead atoms. The van der Waals surface area contributed by atoms with Gasteiger partial charge in [-0.3, -0.25) is 14.4 Å². The van der Waals surface area contributed by atoms with Crippen LogP contribution < -0.4 is 16.2 Å². The molecule has 0 amide bonds. The molecule has 0 spiro atoms. The van der Waals surface area contributed by atoms with Crippen LogP contribution in [0.15, 0.2) is 36.1 Å². The first-order chi connectivity index (χ1) is 15.3. The Labute approximate surface area is 206 Å². The predicted molar refractivity (Wildman–Crippen MR) is 120 cm³/mol. The van der Waals surface area contributed by atoms with Gasteiger partial charge in [-0.2, -0.15) is 0 Å². The zero-order chi connectivity index (χ0) is 24.1. The van der Waals surface area contributed by atoms with Crippen LogP contribution in [0.25, 0.3) is 0 Å². The Bertz CT molecular complexity index is 774. The molecule has 7 N–H and O–H groups in total. The monoisotopic (exact) mass is 646 g/mol. The molecule has 0 saturated heterocycles. The molecule has 1 fully saturated rings. The van der Waals surface area contributed by atoms with Crippen LogP contribution in [0.1, 0.15) is 51.5 Å². The van der Waals surface area contributed by atoms with Crippen molar-refractivity contribution in [2.24, 2.45) is 17.4 Å². The summed E-state index contributed by atoms with van der Waals surface area (Å²) in [4.78, 5) is 35.5. The molecule has 3 rings (SSSR count). The number of rotatable bonds is 6. The average molecular weight is 647 g/mol. The summed E-state index contributed by atoms with van der Waals surface area (Å²) in [5, 5.41) is 0. The number of Topliss-reactive ketones (excluding diaryl/α,β-unsaturated/α-hetero) is 1. The van der Waals surface area contributed by atoms with Crippen LogP contribution in [0.3, 0.4) is 0 Å². The van der Waals surface area contributed by atoms with Crippen LogP contribution >= 0.6 is 0 Å². The number of aryl methyl sites for hydroxylation is 1. The molecule has 189 valence electrons. The molecule has 9 nitrogen and oxygen atoms in total. The maximum atomic E-state index is 12.1. The third-order valence-electron chi connectivity index (χ3n) is 5.22. The number of allylic oxidation sites excluding steroid dienone is 2. The van der Waals surface area contributed by atoms with Crippen molar-refractivity contribution in [3.05, 3.63) is 41.7 Å². The van der Waals surface area contributed by atoms with E-state index >= 15 is 0 Å². The fourth-order valence-electron chi connectivity index (χ4n) is 3.46. The van der Waals surface area contributed by atoms with Gasteiger partial charge in [0, 0.05) is 24.6 Å². The van der Waals surface area contributed by atoms with Gasteiger partial charge in [-0.05, 0) is 50.8 Å². The summed E-state index contributed by atoms with van der Waals surface area (Å²) in [5.74, 6) is -2.00. The summed E-state index contributed by atoms with van der Waals surface area (Å²) in [5.41, 5.74) is 12.3. The Morgan fingerprint density at radius 1 is 1.12 bits per heavy atom. The molecule has 1 aliphatic heterocycles. The Morgan fingerprint density at radius 2 is 1.67 bits per heavy atom. The Morgan fingerprint density at radius 3 is 2.12 bits per heavy atom. The second-order valence-electron chi connectivity index (χ2n) is 7.67. The summed E-state index contributed by atoms with van der Waals surface area (Å²) in [7, 11) is 0. The van der Waals surface area contributed by atoms with Gasteiger partial charge in [-0.15, -0.1) is 0 Å². The molecule has 2 aliphatic rings. The Hall–Kier alpha value is -1.90. The van der Waals surface area contributed by atoms with E-state index < -0.39 is 23.5 Å². The number of hydrogen-bond donors (Lipinski definition) is 3. The quantitative estimate of drug-likeness (QED) is 0.304. The number of ether oxygens (including phenoxy) is 2. The zero-order valence-corrected chi connectivity index (χ0v) is 21.3. The second-order valence-corrected chi connectivity index (χ2v) is 7.67. The predicted octanol–water partition coefficient (Wildman–Crippen LogP) is 1.06. The Balaban J connectivity index is 0.000000782. The topological polar surface area (TPSA) is 173 Å². The summed E-state index contributed by atoms with van der Waals surface area (Å²) >= 11 is 1.14. The van der Waals surface area contributed by atoms with Crippen LogP contribution in [0.5, 0.6) is 5.75 Å². The molecule has 0 radical (unpaired) electrons. The molecular weight excluding hydrogens is 611 g/mol. The second kappa shape index (κ2) is 16.7. The van der Waals surface area contributed by atoms with E-state index in [-0.39, 0.29) is 29.7 Å². The number of esters is 1. The minimum atomic E-state index is -1.31. The third kappa shape index (κ3) is 10.7. The van der Waals surface area contributed by atoms with Crippen molar-refractivity contribution in [2.75, 3.05) is 6.61 Å². The first-order valence-corrected chi connectivity index (χ1v) is 11.7. The molecule has 1 aromatic rings. The number of carbonyl (C=O) groups is 3. The molecule has 1 heterocycles. The van der Waals surface area contributed by atoms with E-state index in [0.29, 0.717) is 13.0 Å². The van der Waals surface area contributed by atoms with Gasteiger partial charge >= 0.3 is 29.9 Å². The van der Waals surface area contributed by atoms with Crippen molar-refractivity contribution in [3.8, 4) is 5.75 Å². The Kier molecular flexibility index (Phi) is 15.7. The fourth-order valence-corrected chi connectivity index (χ4v) is 3.46. The van der Waals surface area contributed by atoms with E-state index in [0.717, 1.165) is 44.3 Å². The van der Waals surface area contributed by atoms with Gasteiger partial charge in [0.25, 0.3) is 0 Å². The van der Waals surface area contributed by atoms with Gasteiger partial charge < -0.3 is 26.4 Å². The minimum absolute atomic E-state index is 0. The molecule has 33 heavy (non-hydrogen) atoms. The molecule has 3 atom stereocenters. The zero-order valence-electron chi connectivity index (χ0n) is 19.0. The molecule has 0 aromatic heterocycles. The van der Waals surface area contributed by atoms with Gasteiger partial charge in [0.2, 0.25) is 0 Å². The van der Waals surface area contributed by atoms with E-state index in [2.05, 4.69) is 0 Å². The number of nitrogens with two attached hydrogens (primary N) is 2. The van der Waals surface area contributed by atoms with Crippen LogP contribution in [-0.4, -0.2) is 45.5 Å². The number of ketones is 2. The van der Waals surface area contributed by atoms with E-state index in [1.807, 2.05) is 31.2 Å². The molecular formula is C23H35N2O7Pt. The summed E-state index contributed by atoms with van der Waals surface area (Å²) in [6.45, 7) is 4.01. The first kappa shape index (κ1) is 31.1. The molecule has 10 heteroatoms. The van der Waals surface area contributed by atoms with Crippen molar-refractivity contribution >= 4 is 17.5 Å². The normalized spacial score (nSPS) is 21.7. The van der Waals surface area contributed by atoms with Crippen LogP contribution in [-0.2, 0) is 45.7 Å². The van der Waals surface area contributed by atoms with Gasteiger partial charge in [-0.25, -0.2) is 0 Å². The summed E-state index contributed by atoms with van der Waals surface area (Å²) in [6.07, 6.45) is 6.57. The number of hydrogen-bond acceptors (Lipinski definition) is 8. The van der Waals surface area contributed by atoms with Gasteiger partial charge in [0.15, 0.2) is 17.5 Å². The summed E-state index contributed by atoms with van der Waals surface area (Å²) in [6, 6.07) is 7.95. The number of benzene rings is 1. The number of cyclic esters (lactones) is 1. The average Bonchev–Trinajstić information content (AvgIpc) is 2.77. The fraction of sp³-hybridized carbons (Fsp3) is 0.522. The number of carbonyl (C=O) groups excluding carboxylic acids is 3. The van der Waals surface area contributed by atoms with Crippen molar-refractivity contribution in [3.63, 3.8) is 0 Å². The molecule has 1 aliphatic carbocycles. The van der Waals surface area contributed by atoms with Crippen LogP contribution in [0.2, 0.25) is 0 Å². The van der Waals surface area contributed by atoms with Crippen LogP contribution in [0.4, 0.5) is 0 Å². The SMILES string of the molecule is CCOc1ccc(CCC(=O)C2C(=O)C=C(C)OC2=O)cc1.N[C@@H]1CCCC[C@H]1N.O.[OH][Pt]. The molecule has 1 unspecified atom stereocenters. The summed E-state index contributed by atoms with van der Waals surface area (Å²) < 4.78 is 17.2. The van der Waals surface area contributed by atoms with Gasteiger partial charge in [0.05, 0.1) is 6.61 Å². The maximum absolute atomic E-state index is 12.1. The third-order valence-corrected chi connectivity index (χ3v) is 5.22. The first-order valence-electron chi connectivity index (χ1n) is 10.7. The van der Waals surface area contributed by atoms with E-state index in [1.165, 1.54) is 25.8 Å². The van der Waals surface area contributed by atoms with Crippen LogP contribution in [0, 0.1) is 5.92 Å². The van der Waals surface area contributed by atoms with Gasteiger partial charge in [-0.1, -0.05) is 25.0 Å².